The maximum atomic E-state index is 12.6. The molecule has 0 saturated carbocycles. The number of thiophene rings is 1. The van der Waals surface area contributed by atoms with Gasteiger partial charge in [0.05, 0.1) is 10.4 Å². The van der Waals surface area contributed by atoms with Crippen molar-refractivity contribution in [2.24, 2.45) is 11.3 Å². The molecule has 1 aliphatic rings. The molecule has 1 fully saturated rings. The Hall–Kier alpha value is -1.07. The highest BCUT2D eigenvalue weighted by Crippen LogP contribution is 2.36. The predicted molar refractivity (Wildman–Crippen MR) is 84.1 cm³/mol. The van der Waals surface area contributed by atoms with Crippen molar-refractivity contribution in [3.8, 4) is 0 Å². The molecule has 0 spiro atoms. The zero-order valence-electron chi connectivity index (χ0n) is 12.5. The number of halogens is 1. The van der Waals surface area contributed by atoms with E-state index in [9.17, 15) is 14.7 Å². The van der Waals surface area contributed by atoms with Crippen LogP contribution in [0.25, 0.3) is 0 Å². The van der Waals surface area contributed by atoms with E-state index in [0.29, 0.717) is 23.0 Å². The molecule has 0 aromatic carbocycles. The van der Waals surface area contributed by atoms with Gasteiger partial charge in [0.25, 0.3) is 5.91 Å². The van der Waals surface area contributed by atoms with Gasteiger partial charge in [-0.15, -0.1) is 11.3 Å². The molecule has 6 heteroatoms. The third kappa shape index (κ3) is 3.09. The Kier molecular flexibility index (Phi) is 4.63. The van der Waals surface area contributed by atoms with E-state index in [0.717, 1.165) is 18.4 Å². The fraction of sp³-hybridized carbons (Fsp3) is 0.600. The Morgan fingerprint density at radius 2 is 2.14 bits per heavy atom. The topological polar surface area (TPSA) is 57.6 Å². The van der Waals surface area contributed by atoms with Gasteiger partial charge in [0, 0.05) is 13.1 Å². The number of rotatable bonds is 3. The average molecular weight is 330 g/mol. The summed E-state index contributed by atoms with van der Waals surface area (Å²) in [5, 5.41) is 11.8. The van der Waals surface area contributed by atoms with Gasteiger partial charge in [-0.2, -0.15) is 0 Å². The van der Waals surface area contributed by atoms with E-state index in [1.165, 1.54) is 11.3 Å². The summed E-state index contributed by atoms with van der Waals surface area (Å²) in [5.74, 6) is -0.927. The van der Waals surface area contributed by atoms with Crippen LogP contribution in [-0.2, 0) is 4.79 Å². The minimum Gasteiger partial charge on any atom is -0.481 e. The highest BCUT2D eigenvalue weighted by atomic mass is 35.5. The van der Waals surface area contributed by atoms with E-state index in [4.69, 9.17) is 11.6 Å². The lowest BCUT2D eigenvalue weighted by atomic mass is 9.74. The van der Waals surface area contributed by atoms with Crippen molar-refractivity contribution in [3.05, 3.63) is 20.8 Å². The van der Waals surface area contributed by atoms with Crippen LogP contribution in [0.3, 0.4) is 0 Å². The monoisotopic (exact) mass is 329 g/mol. The molecule has 1 atom stereocenters. The van der Waals surface area contributed by atoms with Crippen LogP contribution in [0, 0.1) is 18.3 Å². The van der Waals surface area contributed by atoms with Crippen LogP contribution in [0.15, 0.2) is 5.38 Å². The summed E-state index contributed by atoms with van der Waals surface area (Å²) in [5.41, 5.74) is 0.0816. The van der Waals surface area contributed by atoms with Crippen molar-refractivity contribution in [2.75, 3.05) is 13.1 Å². The molecule has 21 heavy (non-hydrogen) atoms. The lowest BCUT2D eigenvalue weighted by Gasteiger charge is -2.39. The number of aryl methyl sites for hydroxylation is 1. The number of piperidine rings is 1. The van der Waals surface area contributed by atoms with Crippen LogP contribution in [0.1, 0.15) is 41.9 Å². The fourth-order valence-electron chi connectivity index (χ4n) is 2.64. The zero-order chi connectivity index (χ0) is 15.8. The number of hydrogen-bond donors (Lipinski definition) is 1. The van der Waals surface area contributed by atoms with Gasteiger partial charge in [0.15, 0.2) is 0 Å². The van der Waals surface area contributed by atoms with Crippen molar-refractivity contribution in [3.63, 3.8) is 0 Å². The summed E-state index contributed by atoms with van der Waals surface area (Å²) in [7, 11) is 0. The Labute approximate surface area is 133 Å². The van der Waals surface area contributed by atoms with Gasteiger partial charge in [-0.3, -0.25) is 9.59 Å². The van der Waals surface area contributed by atoms with E-state index >= 15 is 0 Å². The van der Waals surface area contributed by atoms with Gasteiger partial charge in [-0.05, 0) is 50.5 Å². The molecule has 1 unspecified atom stereocenters. The van der Waals surface area contributed by atoms with Crippen molar-refractivity contribution < 1.29 is 14.7 Å². The van der Waals surface area contributed by atoms with Crippen molar-refractivity contribution in [2.45, 2.75) is 33.6 Å². The van der Waals surface area contributed by atoms with E-state index in [1.807, 2.05) is 12.3 Å². The second kappa shape index (κ2) is 5.97. The molecule has 1 saturated heterocycles. The van der Waals surface area contributed by atoms with E-state index in [-0.39, 0.29) is 11.8 Å². The highest BCUT2D eigenvalue weighted by molar-refractivity contribution is 7.13. The molecule has 0 aliphatic carbocycles. The summed E-state index contributed by atoms with van der Waals surface area (Å²) in [4.78, 5) is 26.3. The molecule has 1 aromatic heterocycles. The first-order valence-electron chi connectivity index (χ1n) is 7.01. The third-order valence-corrected chi connectivity index (χ3v) is 6.06. The lowest BCUT2D eigenvalue weighted by Crippen LogP contribution is -2.46. The number of aliphatic carboxylic acids is 1. The summed E-state index contributed by atoms with van der Waals surface area (Å²) < 4.78 is 0. The van der Waals surface area contributed by atoms with Crippen molar-refractivity contribution in [1.29, 1.82) is 0 Å². The zero-order valence-corrected chi connectivity index (χ0v) is 14.1. The first kappa shape index (κ1) is 16.3. The van der Waals surface area contributed by atoms with Gasteiger partial charge in [-0.25, -0.2) is 0 Å². The minimum atomic E-state index is -0.825. The van der Waals surface area contributed by atoms with E-state index in [2.05, 4.69) is 0 Å². The fourth-order valence-corrected chi connectivity index (χ4v) is 3.88. The second-order valence-electron chi connectivity index (χ2n) is 6.18. The van der Waals surface area contributed by atoms with Crippen LogP contribution < -0.4 is 0 Å². The quantitative estimate of drug-likeness (QED) is 0.920. The number of amides is 1. The number of nitrogens with zero attached hydrogens (tertiary/aromatic N) is 1. The normalized spacial score (nSPS) is 19.6. The van der Waals surface area contributed by atoms with Crippen molar-refractivity contribution in [1.82, 2.24) is 4.90 Å². The number of carboxylic acids is 1. The first-order valence-corrected chi connectivity index (χ1v) is 8.27. The maximum absolute atomic E-state index is 12.6. The summed E-state index contributed by atoms with van der Waals surface area (Å²) in [6, 6.07) is 0. The lowest BCUT2D eigenvalue weighted by molar-refractivity contribution is -0.151. The van der Waals surface area contributed by atoms with Crippen LogP contribution in [0.2, 0.25) is 5.02 Å². The average Bonchev–Trinajstić information content (AvgIpc) is 2.78. The molecule has 2 rings (SSSR count). The summed E-state index contributed by atoms with van der Waals surface area (Å²) >= 11 is 7.52. The van der Waals surface area contributed by atoms with Crippen LogP contribution >= 0.6 is 22.9 Å². The Morgan fingerprint density at radius 3 is 2.67 bits per heavy atom. The molecule has 0 bridgehead atoms. The molecule has 2 heterocycles. The Morgan fingerprint density at radius 1 is 1.48 bits per heavy atom. The molecule has 1 amide bonds. The smallest absolute Gasteiger partial charge is 0.309 e. The van der Waals surface area contributed by atoms with Gasteiger partial charge in [0.1, 0.15) is 4.88 Å². The third-order valence-electron chi connectivity index (χ3n) is 4.37. The van der Waals surface area contributed by atoms with E-state index in [1.54, 1.807) is 18.7 Å². The first-order chi connectivity index (χ1) is 9.75. The highest BCUT2D eigenvalue weighted by Gasteiger charge is 2.40. The molecule has 0 radical (unpaired) electrons. The number of carboxylic acid groups (broad SMARTS) is 1. The summed E-state index contributed by atoms with van der Waals surface area (Å²) in [6.07, 6.45) is 1.66. The van der Waals surface area contributed by atoms with Crippen molar-refractivity contribution >= 4 is 34.8 Å². The molecule has 116 valence electrons. The molecular formula is C15H20ClNO3S. The van der Waals surface area contributed by atoms with Crippen LogP contribution in [0.4, 0.5) is 0 Å². The number of carbonyl (C=O) groups is 2. The number of likely N-dealkylation sites (tertiary alicyclic amines) is 1. The second-order valence-corrected chi connectivity index (χ2v) is 7.44. The standard InChI is InChI=1S/C15H20ClNO3S/c1-9-8-21-12(11(9)16)13(18)17-6-4-5-10(7-17)15(2,3)14(19)20/h8,10H,4-7H2,1-3H3,(H,19,20). The maximum Gasteiger partial charge on any atom is 0.309 e. The molecular weight excluding hydrogens is 310 g/mol. The van der Waals surface area contributed by atoms with Gasteiger partial charge in [0.2, 0.25) is 0 Å². The largest absolute Gasteiger partial charge is 0.481 e. The molecule has 1 aliphatic heterocycles. The van der Waals surface area contributed by atoms with Crippen LogP contribution in [0.5, 0.6) is 0 Å². The molecule has 4 nitrogen and oxygen atoms in total. The minimum absolute atomic E-state index is 0.0347. The molecule has 1 aromatic rings. The van der Waals surface area contributed by atoms with Crippen LogP contribution in [-0.4, -0.2) is 35.0 Å². The SMILES string of the molecule is Cc1csc(C(=O)N2CCCC(C(C)(C)C(=O)O)C2)c1Cl. The van der Waals surface area contributed by atoms with Gasteiger partial charge < -0.3 is 10.0 Å². The summed E-state index contributed by atoms with van der Waals surface area (Å²) in [6.45, 7) is 6.48. The molecule has 1 N–H and O–H groups in total. The van der Waals surface area contributed by atoms with Gasteiger partial charge >= 0.3 is 5.97 Å². The number of hydrogen-bond acceptors (Lipinski definition) is 3. The predicted octanol–water partition coefficient (Wildman–Crippen LogP) is 3.67. The van der Waals surface area contributed by atoms with E-state index < -0.39 is 11.4 Å². The Bertz CT molecular complexity index is 567. The van der Waals surface area contributed by atoms with Gasteiger partial charge in [-0.1, -0.05) is 11.6 Å². The Balaban J connectivity index is 2.16. The number of carbonyl (C=O) groups excluding carboxylic acids is 1.